The standard InChI is InChI=1S/C11H8BrN3O3S/c12-8-2-1-6(3-13-8)10(16)14-4-9-15-7(5-19-9)11(17)18/h1-3,5H,4H2,(H,14,16)(H,17,18). The van der Waals surface area contributed by atoms with E-state index in [1.54, 1.807) is 12.1 Å². The minimum atomic E-state index is -1.08. The molecule has 0 unspecified atom stereocenters. The third-order valence-electron chi connectivity index (χ3n) is 2.16. The second-order valence-corrected chi connectivity index (χ2v) is 5.24. The lowest BCUT2D eigenvalue weighted by atomic mass is 10.3. The van der Waals surface area contributed by atoms with E-state index in [0.717, 1.165) is 0 Å². The quantitative estimate of drug-likeness (QED) is 0.829. The normalized spacial score (nSPS) is 10.2. The maximum atomic E-state index is 11.8. The molecule has 0 aliphatic carbocycles. The molecular formula is C11H8BrN3O3S. The third-order valence-corrected chi connectivity index (χ3v) is 3.48. The van der Waals surface area contributed by atoms with Crippen LogP contribution < -0.4 is 5.32 Å². The van der Waals surface area contributed by atoms with E-state index in [0.29, 0.717) is 15.2 Å². The Balaban J connectivity index is 1.96. The number of carboxylic acids is 1. The van der Waals surface area contributed by atoms with E-state index in [2.05, 4.69) is 31.2 Å². The van der Waals surface area contributed by atoms with Crippen LogP contribution >= 0.6 is 27.3 Å². The predicted octanol–water partition coefficient (Wildman–Crippen LogP) is 1.93. The molecule has 0 fully saturated rings. The smallest absolute Gasteiger partial charge is 0.355 e. The summed E-state index contributed by atoms with van der Waals surface area (Å²) < 4.78 is 0.648. The number of amides is 1. The van der Waals surface area contributed by atoms with E-state index >= 15 is 0 Å². The Morgan fingerprint density at radius 2 is 2.21 bits per heavy atom. The van der Waals surface area contributed by atoms with E-state index in [1.165, 1.54) is 22.9 Å². The van der Waals surface area contributed by atoms with Crippen LogP contribution in [0.15, 0.2) is 28.3 Å². The number of thiazole rings is 1. The van der Waals surface area contributed by atoms with Gasteiger partial charge in [0, 0.05) is 11.6 Å². The van der Waals surface area contributed by atoms with Crippen LogP contribution in [0.1, 0.15) is 25.9 Å². The first-order valence-electron chi connectivity index (χ1n) is 5.13. The number of hydrogen-bond donors (Lipinski definition) is 2. The van der Waals surface area contributed by atoms with Crippen LogP contribution in [0.5, 0.6) is 0 Å². The van der Waals surface area contributed by atoms with Crippen molar-refractivity contribution in [3.63, 3.8) is 0 Å². The second kappa shape index (κ2) is 5.89. The van der Waals surface area contributed by atoms with Crippen LogP contribution in [0.3, 0.4) is 0 Å². The molecule has 0 bridgehead atoms. The van der Waals surface area contributed by atoms with Crippen LogP contribution in [0.2, 0.25) is 0 Å². The van der Waals surface area contributed by atoms with Crippen molar-refractivity contribution in [3.8, 4) is 0 Å². The van der Waals surface area contributed by atoms with Gasteiger partial charge < -0.3 is 10.4 Å². The Labute approximate surface area is 120 Å². The van der Waals surface area contributed by atoms with Crippen molar-refractivity contribution in [1.82, 2.24) is 15.3 Å². The van der Waals surface area contributed by atoms with Crippen LogP contribution in [-0.4, -0.2) is 27.0 Å². The van der Waals surface area contributed by atoms with Gasteiger partial charge >= 0.3 is 5.97 Å². The number of nitrogens with zero attached hydrogens (tertiary/aromatic N) is 2. The molecule has 0 spiro atoms. The van der Waals surface area contributed by atoms with Crippen molar-refractivity contribution in [3.05, 3.63) is 44.6 Å². The molecule has 6 nitrogen and oxygen atoms in total. The van der Waals surface area contributed by atoms with E-state index in [1.807, 2.05) is 0 Å². The number of carboxylic acid groups (broad SMARTS) is 1. The lowest BCUT2D eigenvalue weighted by molar-refractivity contribution is 0.0691. The molecule has 8 heteroatoms. The van der Waals surface area contributed by atoms with Gasteiger partial charge in [0.15, 0.2) is 5.69 Å². The zero-order valence-electron chi connectivity index (χ0n) is 9.46. The molecule has 0 saturated carbocycles. The first-order chi connectivity index (χ1) is 9.06. The molecule has 2 rings (SSSR count). The van der Waals surface area contributed by atoms with Crippen molar-refractivity contribution < 1.29 is 14.7 Å². The highest BCUT2D eigenvalue weighted by molar-refractivity contribution is 9.10. The highest BCUT2D eigenvalue weighted by Gasteiger charge is 2.10. The van der Waals surface area contributed by atoms with Crippen LogP contribution in [-0.2, 0) is 6.54 Å². The molecule has 98 valence electrons. The molecule has 0 aromatic carbocycles. The van der Waals surface area contributed by atoms with E-state index in [4.69, 9.17) is 5.11 Å². The summed E-state index contributed by atoms with van der Waals surface area (Å²) in [6.45, 7) is 0.187. The average molecular weight is 342 g/mol. The van der Waals surface area contributed by atoms with Gasteiger partial charge in [-0.3, -0.25) is 4.79 Å². The summed E-state index contributed by atoms with van der Waals surface area (Å²) >= 11 is 4.37. The minimum Gasteiger partial charge on any atom is -0.476 e. The SMILES string of the molecule is O=C(NCc1nc(C(=O)O)cs1)c1ccc(Br)nc1. The molecule has 0 atom stereocenters. The number of nitrogens with one attached hydrogen (secondary N) is 1. The Kier molecular flexibility index (Phi) is 4.23. The monoisotopic (exact) mass is 341 g/mol. The van der Waals surface area contributed by atoms with Gasteiger partial charge in [-0.2, -0.15) is 0 Å². The zero-order chi connectivity index (χ0) is 13.8. The number of halogens is 1. The number of aromatic carboxylic acids is 1. The Morgan fingerprint density at radius 3 is 2.79 bits per heavy atom. The number of carbonyl (C=O) groups excluding carboxylic acids is 1. The lowest BCUT2D eigenvalue weighted by Crippen LogP contribution is -2.22. The highest BCUT2D eigenvalue weighted by atomic mass is 79.9. The number of pyridine rings is 1. The topological polar surface area (TPSA) is 92.2 Å². The van der Waals surface area contributed by atoms with Crippen LogP contribution in [0.4, 0.5) is 0 Å². The summed E-state index contributed by atoms with van der Waals surface area (Å²) in [4.78, 5) is 30.2. The first-order valence-corrected chi connectivity index (χ1v) is 6.81. The van der Waals surface area contributed by atoms with Crippen molar-refractivity contribution in [1.29, 1.82) is 0 Å². The zero-order valence-corrected chi connectivity index (χ0v) is 11.9. The first kappa shape index (κ1) is 13.6. The molecule has 0 radical (unpaired) electrons. The fourth-order valence-corrected chi connectivity index (χ4v) is 2.20. The predicted molar refractivity (Wildman–Crippen MR) is 72.2 cm³/mol. The number of aromatic nitrogens is 2. The van der Waals surface area contributed by atoms with Gasteiger partial charge in [0.05, 0.1) is 12.1 Å². The summed E-state index contributed by atoms with van der Waals surface area (Å²) in [7, 11) is 0. The minimum absolute atomic E-state index is 0.0143. The fraction of sp³-hybridized carbons (Fsp3) is 0.0909. The molecule has 0 saturated heterocycles. The molecule has 2 aromatic heterocycles. The van der Waals surface area contributed by atoms with E-state index < -0.39 is 5.97 Å². The third kappa shape index (κ3) is 3.58. The summed E-state index contributed by atoms with van der Waals surface area (Å²) in [6, 6.07) is 3.30. The van der Waals surface area contributed by atoms with Crippen LogP contribution in [0.25, 0.3) is 0 Å². The molecule has 2 aromatic rings. The lowest BCUT2D eigenvalue weighted by Gasteiger charge is -2.02. The maximum absolute atomic E-state index is 11.8. The van der Waals surface area contributed by atoms with E-state index in [-0.39, 0.29) is 18.1 Å². The molecule has 0 aliphatic rings. The number of hydrogen-bond acceptors (Lipinski definition) is 5. The van der Waals surface area contributed by atoms with Gasteiger partial charge in [-0.1, -0.05) is 0 Å². The van der Waals surface area contributed by atoms with Gasteiger partial charge in [-0.05, 0) is 28.1 Å². The number of rotatable bonds is 4. The molecule has 1 amide bonds. The average Bonchev–Trinajstić information content (AvgIpc) is 2.86. The van der Waals surface area contributed by atoms with Gasteiger partial charge in [-0.15, -0.1) is 11.3 Å². The molecular weight excluding hydrogens is 334 g/mol. The summed E-state index contributed by atoms with van der Waals surface area (Å²) in [5.41, 5.74) is 0.415. The second-order valence-electron chi connectivity index (χ2n) is 3.48. The summed E-state index contributed by atoms with van der Waals surface area (Å²) in [5, 5.41) is 13.3. The van der Waals surface area contributed by atoms with Gasteiger partial charge in [0.2, 0.25) is 0 Å². The molecule has 2 N–H and O–H groups in total. The highest BCUT2D eigenvalue weighted by Crippen LogP contribution is 2.10. The summed E-state index contributed by atoms with van der Waals surface area (Å²) in [6.07, 6.45) is 1.45. The van der Waals surface area contributed by atoms with Gasteiger partial charge in [0.25, 0.3) is 5.91 Å². The molecule has 19 heavy (non-hydrogen) atoms. The molecule has 0 aliphatic heterocycles. The van der Waals surface area contributed by atoms with Crippen molar-refractivity contribution in [2.45, 2.75) is 6.54 Å². The molecule has 2 heterocycles. The largest absolute Gasteiger partial charge is 0.476 e. The summed E-state index contributed by atoms with van der Waals surface area (Å²) in [5.74, 6) is -1.36. The fourth-order valence-electron chi connectivity index (χ4n) is 1.26. The number of carbonyl (C=O) groups is 2. The maximum Gasteiger partial charge on any atom is 0.355 e. The van der Waals surface area contributed by atoms with E-state index in [9.17, 15) is 9.59 Å². The van der Waals surface area contributed by atoms with Crippen LogP contribution in [0, 0.1) is 0 Å². The Morgan fingerprint density at radius 1 is 1.42 bits per heavy atom. The van der Waals surface area contributed by atoms with Crippen molar-refractivity contribution >= 4 is 39.1 Å². The van der Waals surface area contributed by atoms with Crippen molar-refractivity contribution in [2.75, 3.05) is 0 Å². The Bertz CT molecular complexity index is 612. The van der Waals surface area contributed by atoms with Crippen molar-refractivity contribution in [2.24, 2.45) is 0 Å². The van der Waals surface area contributed by atoms with Gasteiger partial charge in [0.1, 0.15) is 9.61 Å². The van der Waals surface area contributed by atoms with Gasteiger partial charge in [-0.25, -0.2) is 14.8 Å². The Hall–Kier alpha value is -1.80.